The number of thiophene rings is 2. The third-order valence-electron chi connectivity index (χ3n) is 8.98. The van der Waals surface area contributed by atoms with Crippen LogP contribution in [0.5, 0.6) is 0 Å². The lowest BCUT2D eigenvalue weighted by Crippen LogP contribution is -2.08. The molecule has 4 nitrogen and oxygen atoms in total. The Hall–Kier alpha value is -1.40. The summed E-state index contributed by atoms with van der Waals surface area (Å²) >= 11 is 2.98. The second kappa shape index (κ2) is 15.4. The third kappa shape index (κ3) is 8.06. The van der Waals surface area contributed by atoms with Crippen molar-refractivity contribution >= 4 is 44.0 Å². The number of carbonyl (C=O) groups is 2. The number of carboxylic acids is 2. The van der Waals surface area contributed by atoms with Crippen LogP contribution < -0.4 is 0 Å². The molecule has 0 unspecified atom stereocenters. The van der Waals surface area contributed by atoms with E-state index in [1.54, 1.807) is 0 Å². The molecular weight excluding hydrogens is 512 g/mol. The number of hydrogen-bond donors (Lipinski definition) is 2. The van der Waals surface area contributed by atoms with Gasteiger partial charge in [-0.3, -0.25) is 0 Å². The first-order valence-corrected chi connectivity index (χ1v) is 17.2. The molecule has 0 aromatic carbocycles. The molecule has 0 atom stereocenters. The van der Waals surface area contributed by atoms with Gasteiger partial charge >= 0.3 is 11.9 Å². The zero-order chi connectivity index (χ0) is 26.7. The van der Waals surface area contributed by atoms with Crippen molar-refractivity contribution in [2.24, 2.45) is 5.92 Å². The Labute approximate surface area is 237 Å². The predicted molar refractivity (Wildman–Crippen MR) is 161 cm³/mol. The summed E-state index contributed by atoms with van der Waals surface area (Å²) in [5.74, 6) is -1.03. The van der Waals surface area contributed by atoms with Gasteiger partial charge in [-0.1, -0.05) is 122 Å². The zero-order valence-electron chi connectivity index (χ0n) is 23.2. The number of fused-ring (bicyclic) bond motifs is 1. The van der Waals surface area contributed by atoms with E-state index >= 15 is 0 Å². The molecule has 212 valence electrons. The molecule has 38 heavy (non-hydrogen) atoms. The van der Waals surface area contributed by atoms with Crippen LogP contribution in [0.25, 0.3) is 9.40 Å². The van der Waals surface area contributed by atoms with E-state index in [2.05, 4.69) is 0 Å². The predicted octanol–water partition coefficient (Wildman–Crippen LogP) is 10.8. The smallest absolute Gasteiger partial charge is 0.338 e. The van der Waals surface area contributed by atoms with E-state index in [1.165, 1.54) is 119 Å². The van der Waals surface area contributed by atoms with Gasteiger partial charge in [0.2, 0.25) is 0 Å². The van der Waals surface area contributed by atoms with Crippen LogP contribution in [0.4, 0.5) is 0 Å². The molecule has 0 bridgehead atoms. The van der Waals surface area contributed by atoms with E-state index in [0.717, 1.165) is 64.1 Å². The Bertz CT molecular complexity index is 1010. The van der Waals surface area contributed by atoms with Crippen LogP contribution in [0, 0.1) is 5.92 Å². The normalized spacial score (nSPS) is 20.8. The molecule has 0 spiro atoms. The van der Waals surface area contributed by atoms with Crippen molar-refractivity contribution in [1.82, 2.24) is 0 Å². The number of hydrogen-bond acceptors (Lipinski definition) is 4. The minimum atomic E-state index is -0.883. The zero-order valence-corrected chi connectivity index (χ0v) is 24.9. The number of carboxylic acid groups (broad SMARTS) is 2. The summed E-state index contributed by atoms with van der Waals surface area (Å²) in [5.41, 5.74) is 0.828. The van der Waals surface area contributed by atoms with Gasteiger partial charge in [-0.2, -0.15) is 0 Å². The van der Waals surface area contributed by atoms with E-state index in [-0.39, 0.29) is 5.92 Å². The molecule has 2 aromatic heterocycles. The van der Waals surface area contributed by atoms with Gasteiger partial charge < -0.3 is 10.2 Å². The van der Waals surface area contributed by atoms with Gasteiger partial charge in [0.15, 0.2) is 0 Å². The molecule has 2 aliphatic carbocycles. The monoisotopic (exact) mass is 560 g/mol. The molecule has 4 rings (SSSR count). The second-order valence-electron chi connectivity index (χ2n) is 11.9. The molecule has 0 radical (unpaired) electrons. The highest BCUT2D eigenvalue weighted by atomic mass is 32.1. The largest absolute Gasteiger partial charge is 0.478 e. The molecular formula is C32H48O4S2. The van der Waals surface area contributed by atoms with Crippen LogP contribution >= 0.6 is 22.7 Å². The second-order valence-corrected chi connectivity index (χ2v) is 14.1. The lowest BCUT2D eigenvalue weighted by Gasteiger charge is -2.18. The molecule has 2 aromatic rings. The average Bonchev–Trinajstić information content (AvgIpc) is 3.38. The van der Waals surface area contributed by atoms with Crippen LogP contribution in [0.3, 0.4) is 0 Å². The molecule has 0 saturated heterocycles. The Balaban J connectivity index is 1.62. The van der Waals surface area contributed by atoms with Crippen molar-refractivity contribution < 1.29 is 19.8 Å². The minimum Gasteiger partial charge on any atom is -0.478 e. The van der Waals surface area contributed by atoms with Crippen LogP contribution in [-0.4, -0.2) is 22.2 Å². The maximum Gasteiger partial charge on any atom is 0.338 e. The van der Waals surface area contributed by atoms with Crippen molar-refractivity contribution in [3.05, 3.63) is 20.9 Å². The van der Waals surface area contributed by atoms with Crippen LogP contribution in [0.1, 0.15) is 171 Å². The molecule has 6 heteroatoms. The summed E-state index contributed by atoms with van der Waals surface area (Å²) in [4.78, 5) is 27.1. The average molecular weight is 561 g/mol. The first-order chi connectivity index (χ1) is 18.6. The lowest BCUT2D eigenvalue weighted by molar-refractivity contribution is 0.0686. The van der Waals surface area contributed by atoms with Crippen molar-refractivity contribution in [2.75, 3.05) is 0 Å². The van der Waals surface area contributed by atoms with Gasteiger partial charge in [0.25, 0.3) is 0 Å². The van der Waals surface area contributed by atoms with Gasteiger partial charge in [0.1, 0.15) is 0 Å². The van der Waals surface area contributed by atoms with Crippen molar-refractivity contribution in [1.29, 1.82) is 0 Å². The molecule has 2 N–H and O–H groups in total. The molecule has 2 saturated carbocycles. The highest BCUT2D eigenvalue weighted by Crippen LogP contribution is 2.47. The minimum absolute atomic E-state index is 0.234. The first kappa shape index (κ1) is 29.6. The van der Waals surface area contributed by atoms with E-state index < -0.39 is 11.9 Å². The maximum atomic E-state index is 12.6. The van der Waals surface area contributed by atoms with Crippen molar-refractivity contribution in [3.63, 3.8) is 0 Å². The van der Waals surface area contributed by atoms with Gasteiger partial charge in [-0.05, 0) is 31.1 Å². The number of rotatable bonds is 5. The van der Waals surface area contributed by atoms with Crippen molar-refractivity contribution in [3.8, 4) is 0 Å². The number of aromatic carboxylic acids is 2. The first-order valence-electron chi connectivity index (χ1n) is 15.6. The Kier molecular flexibility index (Phi) is 12.0. The van der Waals surface area contributed by atoms with Crippen LogP contribution in [-0.2, 0) is 6.42 Å². The van der Waals surface area contributed by atoms with Gasteiger partial charge in [0.05, 0.1) is 20.5 Å². The molecule has 0 amide bonds. The fraction of sp³-hybridized carbons (Fsp3) is 0.750. The van der Waals surface area contributed by atoms with Gasteiger partial charge in [0, 0.05) is 9.75 Å². The topological polar surface area (TPSA) is 74.6 Å². The third-order valence-corrected chi connectivity index (χ3v) is 11.7. The maximum absolute atomic E-state index is 12.6. The Morgan fingerprint density at radius 1 is 0.553 bits per heavy atom. The fourth-order valence-corrected chi connectivity index (χ4v) is 9.96. The summed E-state index contributed by atoms with van der Waals surface area (Å²) in [5, 5.41) is 20.7. The molecule has 0 aliphatic heterocycles. The van der Waals surface area contributed by atoms with E-state index in [4.69, 9.17) is 0 Å². The molecule has 2 aliphatic rings. The van der Waals surface area contributed by atoms with Gasteiger partial charge in [-0.25, -0.2) is 9.59 Å². The lowest BCUT2D eigenvalue weighted by atomic mass is 9.90. The van der Waals surface area contributed by atoms with E-state index in [9.17, 15) is 19.8 Å². The van der Waals surface area contributed by atoms with Crippen LogP contribution in [0.2, 0.25) is 0 Å². The van der Waals surface area contributed by atoms with E-state index in [0.29, 0.717) is 17.0 Å². The van der Waals surface area contributed by atoms with Crippen molar-refractivity contribution in [2.45, 2.75) is 147 Å². The summed E-state index contributed by atoms with van der Waals surface area (Å²) < 4.78 is 1.46. The standard InChI is InChI=1S/C32H48O4S2/c33-31(34)26-25(22-23-18-14-10-6-4-5-7-11-15-19-23)37-30-27(32(35)36)28(38-29(26)30)24-20-16-12-8-2-1-3-9-13-17-21-24/h23-24H,1-22H2,(H,33,34)(H,35,36). The highest BCUT2D eigenvalue weighted by Gasteiger charge is 2.31. The summed E-state index contributed by atoms with van der Waals surface area (Å²) in [6.07, 6.45) is 26.6. The fourth-order valence-electron chi connectivity index (χ4n) is 6.81. The Morgan fingerprint density at radius 3 is 1.39 bits per heavy atom. The summed E-state index contributed by atoms with van der Waals surface area (Å²) in [6.45, 7) is 0. The summed E-state index contributed by atoms with van der Waals surface area (Å²) in [6, 6.07) is 0. The van der Waals surface area contributed by atoms with Gasteiger partial charge in [-0.15, -0.1) is 22.7 Å². The SMILES string of the molecule is O=C(O)c1c(CC2CCCCCCCCCC2)sc2c(C(=O)O)c(C3CCCCCCCCCCC3)sc12. The quantitative estimate of drug-likeness (QED) is 0.381. The van der Waals surface area contributed by atoms with Crippen LogP contribution in [0.15, 0.2) is 0 Å². The molecule has 2 fully saturated rings. The summed E-state index contributed by atoms with van der Waals surface area (Å²) in [7, 11) is 0. The van der Waals surface area contributed by atoms with E-state index in [1.807, 2.05) is 0 Å². The molecule has 2 heterocycles. The Morgan fingerprint density at radius 2 is 0.947 bits per heavy atom. The highest BCUT2D eigenvalue weighted by molar-refractivity contribution is 7.29.